The quantitative estimate of drug-likeness (QED) is 0.589. The van der Waals surface area contributed by atoms with E-state index in [1.54, 1.807) is 6.92 Å². The Morgan fingerprint density at radius 2 is 1.76 bits per heavy atom. The topological polar surface area (TPSA) is 63.6 Å². The summed E-state index contributed by atoms with van der Waals surface area (Å²) in [4.78, 5) is 22.2. The number of carbonyl (C=O) groups excluding carboxylic acids is 1. The number of benzene rings is 1. The van der Waals surface area contributed by atoms with Gasteiger partial charge in [-0.3, -0.25) is 9.59 Å². The first-order chi connectivity index (χ1) is 9.90. The molecule has 21 heavy (non-hydrogen) atoms. The number of carboxylic acids is 1. The molecule has 0 heterocycles. The zero-order valence-corrected chi connectivity index (χ0v) is 13.0. The average Bonchev–Trinajstić information content (AvgIpc) is 2.42. The highest BCUT2D eigenvalue weighted by atomic mass is 16.5. The van der Waals surface area contributed by atoms with Crippen LogP contribution in [0.2, 0.25) is 0 Å². The molecule has 0 saturated carbocycles. The molecule has 1 rings (SSSR count). The van der Waals surface area contributed by atoms with E-state index in [1.807, 2.05) is 24.3 Å². The zero-order valence-electron chi connectivity index (χ0n) is 13.0. The highest BCUT2D eigenvalue weighted by molar-refractivity contribution is 5.77. The zero-order chi connectivity index (χ0) is 15.8. The summed E-state index contributed by atoms with van der Waals surface area (Å²) in [6.45, 7) is 6.30. The highest BCUT2D eigenvalue weighted by Gasteiger charge is 2.16. The Labute approximate surface area is 126 Å². The largest absolute Gasteiger partial charge is 0.481 e. The van der Waals surface area contributed by atoms with E-state index in [-0.39, 0.29) is 24.9 Å². The summed E-state index contributed by atoms with van der Waals surface area (Å²) in [5.41, 5.74) is 2.18. The maximum absolute atomic E-state index is 11.9. The van der Waals surface area contributed by atoms with E-state index in [2.05, 4.69) is 13.8 Å². The number of carbonyl (C=O) groups is 2. The van der Waals surface area contributed by atoms with Crippen molar-refractivity contribution in [1.82, 2.24) is 0 Å². The maximum atomic E-state index is 11.9. The molecule has 4 nitrogen and oxygen atoms in total. The molecule has 0 bridgehead atoms. The van der Waals surface area contributed by atoms with Crippen LogP contribution in [0.25, 0.3) is 0 Å². The second kappa shape index (κ2) is 8.45. The van der Waals surface area contributed by atoms with Gasteiger partial charge >= 0.3 is 11.9 Å². The Morgan fingerprint density at radius 1 is 1.14 bits per heavy atom. The van der Waals surface area contributed by atoms with Crippen molar-refractivity contribution < 1.29 is 19.4 Å². The van der Waals surface area contributed by atoms with E-state index in [4.69, 9.17) is 9.84 Å². The molecule has 0 fully saturated rings. The van der Waals surface area contributed by atoms with Crippen molar-refractivity contribution in [2.75, 3.05) is 6.61 Å². The number of ether oxygens (including phenoxy) is 1. The molecule has 1 unspecified atom stereocenters. The Morgan fingerprint density at radius 3 is 2.29 bits per heavy atom. The number of carboxylic acid groups (broad SMARTS) is 1. The van der Waals surface area contributed by atoms with E-state index in [9.17, 15) is 9.59 Å². The maximum Gasteiger partial charge on any atom is 0.313 e. The van der Waals surface area contributed by atoms with Crippen molar-refractivity contribution in [3.8, 4) is 0 Å². The van der Waals surface area contributed by atoms with Crippen molar-refractivity contribution in [2.45, 2.75) is 46.0 Å². The molecule has 1 aromatic rings. The van der Waals surface area contributed by atoms with E-state index in [0.717, 1.165) is 12.0 Å². The second-order valence-corrected chi connectivity index (χ2v) is 5.73. The van der Waals surface area contributed by atoms with Crippen LogP contribution in [0.4, 0.5) is 0 Å². The molecular weight excluding hydrogens is 268 g/mol. The summed E-state index contributed by atoms with van der Waals surface area (Å²) in [6.07, 6.45) is 1.39. The van der Waals surface area contributed by atoms with Crippen LogP contribution in [0.15, 0.2) is 24.3 Å². The van der Waals surface area contributed by atoms with Crippen LogP contribution >= 0.6 is 0 Å². The van der Waals surface area contributed by atoms with Crippen LogP contribution in [-0.2, 0) is 20.7 Å². The number of hydrogen-bond acceptors (Lipinski definition) is 3. The lowest BCUT2D eigenvalue weighted by Crippen LogP contribution is -2.14. The van der Waals surface area contributed by atoms with Gasteiger partial charge in [0.1, 0.15) is 0 Å². The third-order valence-electron chi connectivity index (χ3n) is 3.26. The third kappa shape index (κ3) is 6.43. The van der Waals surface area contributed by atoms with Gasteiger partial charge in [-0.2, -0.15) is 0 Å². The summed E-state index contributed by atoms with van der Waals surface area (Å²) in [6, 6.07) is 8.01. The molecule has 0 aliphatic carbocycles. The minimum atomic E-state index is -0.875. The molecule has 0 spiro atoms. The minimum Gasteiger partial charge on any atom is -0.481 e. The molecule has 1 atom stereocenters. The highest BCUT2D eigenvalue weighted by Crippen LogP contribution is 2.19. The molecular formula is C17H24O4. The van der Waals surface area contributed by atoms with Gasteiger partial charge in [-0.05, 0) is 36.8 Å². The first-order valence-corrected chi connectivity index (χ1v) is 7.37. The van der Waals surface area contributed by atoms with Gasteiger partial charge in [0.05, 0.1) is 12.5 Å². The number of aliphatic carboxylic acids is 1. The number of hydrogen-bond donors (Lipinski definition) is 1. The molecule has 1 aromatic carbocycles. The standard InChI is InChI=1S/C17H24O4/c1-12(2)11-14-6-8-15(9-7-14)13(3)17(20)21-10-4-5-16(18)19/h6-9,12-13H,4-5,10-11H2,1-3H3,(H,18,19). The predicted molar refractivity (Wildman–Crippen MR) is 81.2 cm³/mol. The molecule has 0 aromatic heterocycles. The molecule has 1 N–H and O–H groups in total. The van der Waals surface area contributed by atoms with Crippen molar-refractivity contribution in [3.63, 3.8) is 0 Å². The van der Waals surface area contributed by atoms with Gasteiger partial charge in [0.15, 0.2) is 0 Å². The Bertz CT molecular complexity index is 462. The summed E-state index contributed by atoms with van der Waals surface area (Å²) in [7, 11) is 0. The van der Waals surface area contributed by atoms with Crippen LogP contribution in [-0.4, -0.2) is 23.7 Å². The first kappa shape index (κ1) is 17.2. The van der Waals surface area contributed by atoms with Crippen molar-refractivity contribution >= 4 is 11.9 Å². The number of esters is 1. The minimum absolute atomic E-state index is 0.0194. The van der Waals surface area contributed by atoms with Crippen LogP contribution in [0.5, 0.6) is 0 Å². The first-order valence-electron chi connectivity index (χ1n) is 7.37. The molecule has 4 heteroatoms. The fourth-order valence-electron chi connectivity index (χ4n) is 2.07. The molecule has 0 saturated heterocycles. The lowest BCUT2D eigenvalue weighted by molar-refractivity contribution is -0.146. The third-order valence-corrected chi connectivity index (χ3v) is 3.26. The van der Waals surface area contributed by atoms with Crippen molar-refractivity contribution in [2.24, 2.45) is 5.92 Å². The second-order valence-electron chi connectivity index (χ2n) is 5.73. The van der Waals surface area contributed by atoms with Gasteiger partial charge in [-0.25, -0.2) is 0 Å². The summed E-state index contributed by atoms with van der Waals surface area (Å²) >= 11 is 0. The van der Waals surface area contributed by atoms with Crippen LogP contribution in [0.1, 0.15) is 50.7 Å². The summed E-state index contributed by atoms with van der Waals surface area (Å²) < 4.78 is 5.10. The van der Waals surface area contributed by atoms with Crippen LogP contribution in [0.3, 0.4) is 0 Å². The number of rotatable bonds is 8. The van der Waals surface area contributed by atoms with Gasteiger partial charge < -0.3 is 9.84 Å². The molecule has 0 aliphatic rings. The molecule has 0 aliphatic heterocycles. The Balaban J connectivity index is 2.48. The molecule has 0 amide bonds. The van der Waals surface area contributed by atoms with Crippen molar-refractivity contribution in [3.05, 3.63) is 35.4 Å². The van der Waals surface area contributed by atoms with E-state index in [0.29, 0.717) is 12.3 Å². The Kier molecular flexibility index (Phi) is 6.92. The van der Waals surface area contributed by atoms with Gasteiger partial charge in [-0.1, -0.05) is 38.1 Å². The van der Waals surface area contributed by atoms with Crippen molar-refractivity contribution in [1.29, 1.82) is 0 Å². The van der Waals surface area contributed by atoms with Gasteiger partial charge in [0.25, 0.3) is 0 Å². The average molecular weight is 292 g/mol. The predicted octanol–water partition coefficient (Wildman–Crippen LogP) is 3.40. The van der Waals surface area contributed by atoms with Crippen LogP contribution < -0.4 is 0 Å². The fourth-order valence-corrected chi connectivity index (χ4v) is 2.07. The van der Waals surface area contributed by atoms with Gasteiger partial charge in [0.2, 0.25) is 0 Å². The Hall–Kier alpha value is -1.84. The molecule has 116 valence electrons. The van der Waals surface area contributed by atoms with Gasteiger partial charge in [-0.15, -0.1) is 0 Å². The van der Waals surface area contributed by atoms with E-state index in [1.165, 1.54) is 5.56 Å². The SMILES string of the molecule is CC(C)Cc1ccc(C(C)C(=O)OCCCC(=O)O)cc1. The van der Waals surface area contributed by atoms with Gasteiger partial charge in [0, 0.05) is 6.42 Å². The summed E-state index contributed by atoms with van der Waals surface area (Å²) in [5.74, 6) is -0.910. The van der Waals surface area contributed by atoms with Crippen LogP contribution in [0, 0.1) is 5.92 Å². The normalized spacial score (nSPS) is 12.2. The summed E-state index contributed by atoms with van der Waals surface area (Å²) in [5, 5.41) is 8.51. The smallest absolute Gasteiger partial charge is 0.313 e. The fraction of sp³-hybridized carbons (Fsp3) is 0.529. The molecule has 0 radical (unpaired) electrons. The van der Waals surface area contributed by atoms with E-state index >= 15 is 0 Å². The lowest BCUT2D eigenvalue weighted by atomic mass is 9.97. The lowest BCUT2D eigenvalue weighted by Gasteiger charge is -2.12. The monoisotopic (exact) mass is 292 g/mol. The van der Waals surface area contributed by atoms with E-state index < -0.39 is 5.97 Å².